The summed E-state index contributed by atoms with van der Waals surface area (Å²) in [4.78, 5) is 25.4. The molecule has 1 aliphatic rings. The molecule has 2 atom stereocenters. The Balaban J connectivity index is 1.94. The maximum atomic E-state index is 12.4. The number of nitrogens with zero attached hydrogens (tertiary/aromatic N) is 1. The van der Waals surface area contributed by atoms with Crippen molar-refractivity contribution in [2.24, 2.45) is 0 Å². The van der Waals surface area contributed by atoms with Gasteiger partial charge in [-0.25, -0.2) is 0 Å². The zero-order valence-corrected chi connectivity index (χ0v) is 13.5. The Morgan fingerprint density at radius 3 is 2.59 bits per heavy atom. The summed E-state index contributed by atoms with van der Waals surface area (Å²) in [5.74, 6) is 0.464. The Hall–Kier alpha value is -2.04. The number of benzene rings is 1. The van der Waals surface area contributed by atoms with Crippen LogP contribution < -0.4 is 10.1 Å². The maximum absolute atomic E-state index is 12.4. The second kappa shape index (κ2) is 7.29. The largest absolute Gasteiger partial charge is 0.484 e. The lowest BCUT2D eigenvalue weighted by Gasteiger charge is -2.38. The summed E-state index contributed by atoms with van der Waals surface area (Å²) in [6.07, 6.45) is 3.27. The van der Waals surface area contributed by atoms with Gasteiger partial charge in [-0.15, -0.1) is 0 Å². The molecule has 5 heteroatoms. The van der Waals surface area contributed by atoms with Gasteiger partial charge in [0, 0.05) is 30.8 Å². The number of piperidine rings is 1. The number of hydrogen-bond donors (Lipinski definition) is 1. The fraction of sp³-hybridized carbons (Fsp3) is 0.529. The minimum Gasteiger partial charge on any atom is -0.484 e. The van der Waals surface area contributed by atoms with Gasteiger partial charge in [0.25, 0.3) is 5.91 Å². The van der Waals surface area contributed by atoms with E-state index < -0.39 is 0 Å². The van der Waals surface area contributed by atoms with E-state index in [-0.39, 0.29) is 30.5 Å². The molecule has 1 saturated heterocycles. The molecule has 0 radical (unpaired) electrons. The number of rotatable bonds is 4. The van der Waals surface area contributed by atoms with Crippen LogP contribution in [-0.4, -0.2) is 35.4 Å². The number of carbonyl (C=O) groups excluding carboxylic acids is 2. The molecule has 1 fully saturated rings. The molecule has 22 heavy (non-hydrogen) atoms. The van der Waals surface area contributed by atoms with Crippen molar-refractivity contribution in [3.63, 3.8) is 0 Å². The molecule has 2 amide bonds. The lowest BCUT2D eigenvalue weighted by atomic mass is 9.97. The van der Waals surface area contributed by atoms with Crippen molar-refractivity contribution in [1.29, 1.82) is 0 Å². The Kier molecular flexibility index (Phi) is 5.41. The van der Waals surface area contributed by atoms with E-state index >= 15 is 0 Å². The van der Waals surface area contributed by atoms with Gasteiger partial charge >= 0.3 is 0 Å². The van der Waals surface area contributed by atoms with Crippen molar-refractivity contribution in [3.05, 3.63) is 24.3 Å². The molecule has 1 aromatic rings. The molecule has 0 saturated carbocycles. The predicted molar refractivity (Wildman–Crippen MR) is 85.9 cm³/mol. The third-order valence-electron chi connectivity index (χ3n) is 4.00. The Morgan fingerprint density at radius 2 is 1.95 bits per heavy atom. The Bertz CT molecular complexity index is 534. The molecule has 5 nitrogen and oxygen atoms in total. The summed E-state index contributed by atoms with van der Waals surface area (Å²) < 4.78 is 5.60. The third kappa shape index (κ3) is 4.23. The van der Waals surface area contributed by atoms with Crippen LogP contribution in [0.3, 0.4) is 0 Å². The van der Waals surface area contributed by atoms with E-state index in [4.69, 9.17) is 4.74 Å². The molecule has 1 heterocycles. The number of amides is 2. The summed E-state index contributed by atoms with van der Waals surface area (Å²) >= 11 is 0. The monoisotopic (exact) mass is 304 g/mol. The third-order valence-corrected chi connectivity index (χ3v) is 4.00. The summed E-state index contributed by atoms with van der Waals surface area (Å²) in [5.41, 5.74) is 0.664. The van der Waals surface area contributed by atoms with Crippen LogP contribution in [0.25, 0.3) is 0 Å². The molecule has 1 aliphatic heterocycles. The molecule has 120 valence electrons. The van der Waals surface area contributed by atoms with Gasteiger partial charge in [0.15, 0.2) is 6.61 Å². The first-order valence-corrected chi connectivity index (χ1v) is 7.79. The first kappa shape index (κ1) is 16.3. The summed E-state index contributed by atoms with van der Waals surface area (Å²) in [5, 5.41) is 2.70. The van der Waals surface area contributed by atoms with Gasteiger partial charge < -0.3 is 15.0 Å². The Labute approximate surface area is 131 Å². The van der Waals surface area contributed by atoms with Crippen LogP contribution in [0.2, 0.25) is 0 Å². The normalized spacial score (nSPS) is 21.3. The smallest absolute Gasteiger partial charge is 0.260 e. The molecule has 0 aromatic heterocycles. The summed E-state index contributed by atoms with van der Waals surface area (Å²) in [6, 6.07) is 7.61. The Morgan fingerprint density at radius 1 is 1.27 bits per heavy atom. The van der Waals surface area contributed by atoms with Crippen molar-refractivity contribution < 1.29 is 14.3 Å². The van der Waals surface area contributed by atoms with Crippen molar-refractivity contribution in [3.8, 4) is 5.75 Å². The fourth-order valence-electron chi connectivity index (χ4n) is 3.00. The van der Waals surface area contributed by atoms with Crippen LogP contribution >= 0.6 is 0 Å². The first-order valence-electron chi connectivity index (χ1n) is 7.79. The van der Waals surface area contributed by atoms with E-state index in [1.54, 1.807) is 24.3 Å². The average Bonchev–Trinajstić information content (AvgIpc) is 2.44. The highest BCUT2D eigenvalue weighted by Gasteiger charge is 2.28. The standard InChI is InChI=1S/C17H24N2O3/c1-12-6-4-7-13(2)19(12)17(21)11-22-16-9-5-8-15(10-16)18-14(3)20/h5,8-10,12-13H,4,6-7,11H2,1-3H3,(H,18,20)/t12-,13-/m0/s1. The van der Waals surface area contributed by atoms with Gasteiger partial charge in [0.05, 0.1) is 0 Å². The quantitative estimate of drug-likeness (QED) is 0.930. The average molecular weight is 304 g/mol. The van der Waals surface area contributed by atoms with Gasteiger partial charge in [0.2, 0.25) is 5.91 Å². The van der Waals surface area contributed by atoms with E-state index in [1.807, 2.05) is 4.90 Å². The van der Waals surface area contributed by atoms with Crippen molar-refractivity contribution in [1.82, 2.24) is 4.90 Å². The van der Waals surface area contributed by atoms with Crippen LogP contribution in [0, 0.1) is 0 Å². The fourth-order valence-corrected chi connectivity index (χ4v) is 3.00. The predicted octanol–water partition coefficient (Wildman–Crippen LogP) is 2.81. The maximum Gasteiger partial charge on any atom is 0.260 e. The zero-order chi connectivity index (χ0) is 16.1. The van der Waals surface area contributed by atoms with E-state index in [0.717, 1.165) is 12.8 Å². The van der Waals surface area contributed by atoms with Crippen molar-refractivity contribution >= 4 is 17.5 Å². The van der Waals surface area contributed by atoms with E-state index in [9.17, 15) is 9.59 Å². The van der Waals surface area contributed by atoms with Crippen LogP contribution in [0.4, 0.5) is 5.69 Å². The van der Waals surface area contributed by atoms with Crippen LogP contribution in [0.15, 0.2) is 24.3 Å². The van der Waals surface area contributed by atoms with Gasteiger partial charge in [-0.05, 0) is 45.2 Å². The van der Waals surface area contributed by atoms with Gasteiger partial charge in [-0.1, -0.05) is 6.07 Å². The number of ether oxygens (including phenoxy) is 1. The highest BCUT2D eigenvalue weighted by atomic mass is 16.5. The number of nitrogens with one attached hydrogen (secondary N) is 1. The molecule has 0 unspecified atom stereocenters. The lowest BCUT2D eigenvalue weighted by Crippen LogP contribution is -2.49. The first-order chi connectivity index (χ1) is 10.5. The molecule has 0 aliphatic carbocycles. The second-order valence-corrected chi connectivity index (χ2v) is 5.93. The van der Waals surface area contributed by atoms with Gasteiger partial charge in [0.1, 0.15) is 5.75 Å². The lowest BCUT2D eigenvalue weighted by molar-refractivity contribution is -0.139. The van der Waals surface area contributed by atoms with E-state index in [2.05, 4.69) is 19.2 Å². The topological polar surface area (TPSA) is 58.6 Å². The minimum absolute atomic E-state index is 0.0182. The second-order valence-electron chi connectivity index (χ2n) is 5.93. The molecule has 0 spiro atoms. The van der Waals surface area contributed by atoms with Gasteiger partial charge in [-0.3, -0.25) is 9.59 Å². The van der Waals surface area contributed by atoms with Crippen LogP contribution in [0.5, 0.6) is 5.75 Å². The van der Waals surface area contributed by atoms with Crippen LogP contribution in [-0.2, 0) is 9.59 Å². The molecule has 2 rings (SSSR count). The SMILES string of the molecule is CC(=O)Nc1cccc(OCC(=O)N2[C@@H](C)CCC[C@@H]2C)c1. The molecular formula is C17H24N2O3. The van der Waals surface area contributed by atoms with E-state index in [1.165, 1.54) is 13.3 Å². The number of likely N-dealkylation sites (tertiary alicyclic amines) is 1. The summed E-state index contributed by atoms with van der Waals surface area (Å²) in [6.45, 7) is 5.66. The van der Waals surface area contributed by atoms with Crippen molar-refractivity contribution in [2.45, 2.75) is 52.1 Å². The highest BCUT2D eigenvalue weighted by Crippen LogP contribution is 2.23. The molecule has 0 bridgehead atoms. The number of carbonyl (C=O) groups is 2. The summed E-state index contributed by atoms with van der Waals surface area (Å²) in [7, 11) is 0. The highest BCUT2D eigenvalue weighted by molar-refractivity contribution is 5.88. The number of anilines is 1. The van der Waals surface area contributed by atoms with E-state index in [0.29, 0.717) is 11.4 Å². The van der Waals surface area contributed by atoms with Crippen molar-refractivity contribution in [2.75, 3.05) is 11.9 Å². The molecule has 1 aromatic carbocycles. The molecule has 1 N–H and O–H groups in total. The number of hydrogen-bond acceptors (Lipinski definition) is 3. The van der Waals surface area contributed by atoms with Crippen LogP contribution in [0.1, 0.15) is 40.0 Å². The zero-order valence-electron chi connectivity index (χ0n) is 13.5. The molecular weight excluding hydrogens is 280 g/mol. The van der Waals surface area contributed by atoms with Gasteiger partial charge in [-0.2, -0.15) is 0 Å². The minimum atomic E-state index is -0.135.